The maximum Gasteiger partial charge on any atom is 0.267 e. The highest BCUT2D eigenvalue weighted by Gasteiger charge is 2.31. The van der Waals surface area contributed by atoms with Gasteiger partial charge in [0, 0.05) is 32.5 Å². The van der Waals surface area contributed by atoms with Crippen molar-refractivity contribution in [2.45, 2.75) is 27.2 Å². The van der Waals surface area contributed by atoms with Gasteiger partial charge in [-0.1, -0.05) is 30.0 Å². The molecule has 3 rings (SSSR count). The normalized spacial score (nSPS) is 15.7. The van der Waals surface area contributed by atoms with E-state index in [9.17, 15) is 9.59 Å². The zero-order valence-corrected chi connectivity index (χ0v) is 18.4. The van der Waals surface area contributed by atoms with Crippen molar-refractivity contribution >= 4 is 51.7 Å². The number of aromatic nitrogens is 2. The molecule has 0 radical (unpaired) electrons. The SMILES string of the molecule is CCOCCCNc1nc2c(C)cccn2c(=O)c1/C=C1\SC(=S)N(CC)C1=O. The second-order valence-electron chi connectivity index (χ2n) is 6.47. The average molecular weight is 433 g/mol. The van der Waals surface area contributed by atoms with Crippen LogP contribution < -0.4 is 10.9 Å². The fraction of sp³-hybridized carbons (Fsp3) is 0.400. The number of amides is 1. The molecule has 1 aliphatic rings. The third-order valence-corrected chi connectivity index (χ3v) is 5.89. The third kappa shape index (κ3) is 4.52. The second-order valence-corrected chi connectivity index (χ2v) is 8.14. The van der Waals surface area contributed by atoms with Crippen molar-refractivity contribution in [3.63, 3.8) is 0 Å². The van der Waals surface area contributed by atoms with Crippen molar-refractivity contribution in [1.82, 2.24) is 14.3 Å². The van der Waals surface area contributed by atoms with Gasteiger partial charge in [-0.15, -0.1) is 0 Å². The topological polar surface area (TPSA) is 75.9 Å². The lowest BCUT2D eigenvalue weighted by atomic mass is 10.2. The molecule has 9 heteroatoms. The summed E-state index contributed by atoms with van der Waals surface area (Å²) in [5.74, 6) is 0.279. The van der Waals surface area contributed by atoms with E-state index in [4.69, 9.17) is 17.0 Å². The van der Waals surface area contributed by atoms with Gasteiger partial charge >= 0.3 is 0 Å². The van der Waals surface area contributed by atoms with E-state index >= 15 is 0 Å². The lowest BCUT2D eigenvalue weighted by Crippen LogP contribution is -2.27. The summed E-state index contributed by atoms with van der Waals surface area (Å²) in [5.41, 5.74) is 1.60. The van der Waals surface area contributed by atoms with Crippen molar-refractivity contribution in [2.75, 3.05) is 31.6 Å². The van der Waals surface area contributed by atoms with E-state index in [1.54, 1.807) is 18.3 Å². The molecule has 1 aliphatic heterocycles. The number of aryl methyl sites for hydroxylation is 1. The van der Waals surface area contributed by atoms with Gasteiger partial charge in [0.25, 0.3) is 11.5 Å². The predicted molar refractivity (Wildman–Crippen MR) is 121 cm³/mol. The van der Waals surface area contributed by atoms with Crippen LogP contribution in [0.5, 0.6) is 0 Å². The van der Waals surface area contributed by atoms with Crippen LogP contribution in [-0.4, -0.2) is 50.8 Å². The fourth-order valence-corrected chi connectivity index (χ4v) is 4.37. The van der Waals surface area contributed by atoms with Crippen LogP contribution in [0, 0.1) is 6.92 Å². The smallest absolute Gasteiger partial charge is 0.267 e. The quantitative estimate of drug-likeness (QED) is 0.390. The maximum atomic E-state index is 13.2. The molecule has 7 nitrogen and oxygen atoms in total. The van der Waals surface area contributed by atoms with Gasteiger partial charge in [0.05, 0.1) is 10.5 Å². The number of carbonyl (C=O) groups is 1. The number of nitrogens with one attached hydrogen (secondary N) is 1. The lowest BCUT2D eigenvalue weighted by Gasteiger charge is -2.12. The van der Waals surface area contributed by atoms with Gasteiger partial charge in [-0.25, -0.2) is 4.98 Å². The molecular weight excluding hydrogens is 408 g/mol. The minimum absolute atomic E-state index is 0.182. The number of thiocarbonyl (C=S) groups is 1. The van der Waals surface area contributed by atoms with Gasteiger partial charge in [-0.05, 0) is 44.9 Å². The van der Waals surface area contributed by atoms with Gasteiger partial charge in [0.1, 0.15) is 15.8 Å². The molecule has 1 saturated heterocycles. The molecule has 0 bridgehead atoms. The molecule has 1 N–H and O–H groups in total. The predicted octanol–water partition coefficient (Wildman–Crippen LogP) is 3.06. The molecule has 2 aromatic heterocycles. The van der Waals surface area contributed by atoms with E-state index in [0.717, 1.165) is 12.0 Å². The molecule has 0 aromatic carbocycles. The second kappa shape index (κ2) is 9.51. The van der Waals surface area contributed by atoms with Crippen LogP contribution in [0.3, 0.4) is 0 Å². The summed E-state index contributed by atoms with van der Waals surface area (Å²) in [4.78, 5) is 32.5. The molecule has 0 unspecified atom stereocenters. The van der Waals surface area contributed by atoms with Crippen molar-refractivity contribution in [3.05, 3.63) is 44.7 Å². The summed E-state index contributed by atoms with van der Waals surface area (Å²) in [6, 6.07) is 3.72. The average Bonchev–Trinajstić information content (AvgIpc) is 2.97. The highest BCUT2D eigenvalue weighted by molar-refractivity contribution is 8.26. The Morgan fingerprint density at radius 2 is 2.14 bits per heavy atom. The van der Waals surface area contributed by atoms with Gasteiger partial charge in [-0.3, -0.25) is 18.9 Å². The first-order valence-corrected chi connectivity index (χ1v) is 10.8. The summed E-state index contributed by atoms with van der Waals surface area (Å²) in [7, 11) is 0. The highest BCUT2D eigenvalue weighted by Crippen LogP contribution is 2.32. The molecule has 2 aromatic rings. The Morgan fingerprint density at radius 1 is 1.34 bits per heavy atom. The zero-order valence-electron chi connectivity index (χ0n) is 16.7. The van der Waals surface area contributed by atoms with Crippen molar-refractivity contribution < 1.29 is 9.53 Å². The van der Waals surface area contributed by atoms with Crippen molar-refractivity contribution in [2.24, 2.45) is 0 Å². The lowest BCUT2D eigenvalue weighted by molar-refractivity contribution is -0.121. The number of thioether (sulfide) groups is 1. The molecular formula is C20H24N4O3S2. The highest BCUT2D eigenvalue weighted by atomic mass is 32.2. The number of hydrogen-bond acceptors (Lipinski definition) is 7. The minimum atomic E-state index is -0.229. The first kappa shape index (κ1) is 21.5. The number of anilines is 1. The Morgan fingerprint density at radius 3 is 2.83 bits per heavy atom. The molecule has 1 amide bonds. The van der Waals surface area contributed by atoms with Crippen LogP contribution in [-0.2, 0) is 9.53 Å². The minimum Gasteiger partial charge on any atom is -0.382 e. The number of likely N-dealkylation sites (N-methyl/N-ethyl adjacent to an activating group) is 1. The van der Waals surface area contributed by atoms with Gasteiger partial charge in [-0.2, -0.15) is 0 Å². The number of hydrogen-bond donors (Lipinski definition) is 1. The summed E-state index contributed by atoms with van der Waals surface area (Å²) in [5, 5.41) is 3.24. The molecule has 1 fully saturated rings. The molecule has 3 heterocycles. The van der Waals surface area contributed by atoms with Crippen LogP contribution in [0.15, 0.2) is 28.0 Å². The summed E-state index contributed by atoms with van der Waals surface area (Å²) >= 11 is 6.49. The molecule has 0 atom stereocenters. The summed E-state index contributed by atoms with van der Waals surface area (Å²) < 4.78 is 7.37. The van der Waals surface area contributed by atoms with Crippen LogP contribution in [0.1, 0.15) is 31.4 Å². The van der Waals surface area contributed by atoms with Gasteiger partial charge in [0.15, 0.2) is 0 Å². The summed E-state index contributed by atoms with van der Waals surface area (Å²) in [6.07, 6.45) is 4.06. The van der Waals surface area contributed by atoms with Crippen LogP contribution in [0.25, 0.3) is 11.7 Å². The standard InChI is InChI=1S/C20H24N4O3S2/c1-4-23-19(26)15(29-20(23)28)12-14-16(21-9-7-11-27-5-2)22-17-13(3)8-6-10-24(17)18(14)25/h6,8,10,12,21H,4-5,7,9,11H2,1-3H3/b15-12-. The monoisotopic (exact) mass is 432 g/mol. The van der Waals surface area contributed by atoms with E-state index in [1.165, 1.54) is 21.1 Å². The maximum absolute atomic E-state index is 13.2. The van der Waals surface area contributed by atoms with Crippen molar-refractivity contribution in [3.8, 4) is 0 Å². The molecule has 0 spiro atoms. The molecule has 0 aliphatic carbocycles. The number of nitrogens with zero attached hydrogens (tertiary/aromatic N) is 3. The Kier molecular flexibility index (Phi) is 7.05. The number of carbonyl (C=O) groups excluding carboxylic acids is 1. The molecule has 29 heavy (non-hydrogen) atoms. The Balaban J connectivity index is 2.04. The Labute approximate surface area is 179 Å². The van der Waals surface area contributed by atoms with E-state index in [2.05, 4.69) is 10.3 Å². The van der Waals surface area contributed by atoms with Crippen LogP contribution in [0.2, 0.25) is 0 Å². The van der Waals surface area contributed by atoms with Gasteiger partial charge < -0.3 is 10.1 Å². The zero-order chi connectivity index (χ0) is 21.0. The summed E-state index contributed by atoms with van der Waals surface area (Å²) in [6.45, 7) is 8.12. The fourth-order valence-electron chi connectivity index (χ4n) is 3.01. The van der Waals surface area contributed by atoms with E-state index < -0.39 is 0 Å². The first-order valence-electron chi connectivity index (χ1n) is 9.56. The third-order valence-electron chi connectivity index (χ3n) is 4.51. The number of ether oxygens (including phenoxy) is 1. The first-order chi connectivity index (χ1) is 14.0. The Bertz CT molecular complexity index is 1030. The van der Waals surface area contributed by atoms with E-state index in [1.807, 2.05) is 26.8 Å². The van der Waals surface area contributed by atoms with Crippen molar-refractivity contribution in [1.29, 1.82) is 0 Å². The molecule has 154 valence electrons. The van der Waals surface area contributed by atoms with E-state index in [0.29, 0.717) is 52.6 Å². The largest absolute Gasteiger partial charge is 0.382 e. The number of fused-ring (bicyclic) bond motifs is 1. The van der Waals surface area contributed by atoms with Crippen LogP contribution in [0.4, 0.5) is 5.82 Å². The van der Waals surface area contributed by atoms with E-state index in [-0.39, 0.29) is 11.5 Å². The number of rotatable bonds is 8. The molecule has 0 saturated carbocycles. The Hall–Kier alpha value is -2.23. The number of pyridine rings is 1. The van der Waals surface area contributed by atoms with Gasteiger partial charge in [0.2, 0.25) is 0 Å². The van der Waals surface area contributed by atoms with Crippen LogP contribution >= 0.6 is 24.0 Å².